The molecule has 0 bridgehead atoms. The summed E-state index contributed by atoms with van der Waals surface area (Å²) < 4.78 is 24.9. The number of rotatable bonds is 5. The Labute approximate surface area is 151 Å². The van der Waals surface area contributed by atoms with Crippen molar-refractivity contribution in [3.05, 3.63) is 82.6 Å². The topological polar surface area (TPSA) is 51.5 Å². The second-order valence-electron chi connectivity index (χ2n) is 6.24. The van der Waals surface area contributed by atoms with Crippen molar-refractivity contribution in [2.24, 2.45) is 0 Å². The molecule has 134 valence electrons. The predicted octanol–water partition coefficient (Wildman–Crippen LogP) is 5.18. The highest BCUT2D eigenvalue weighted by Crippen LogP contribution is 2.20. The predicted molar refractivity (Wildman–Crippen MR) is 98.0 cm³/mol. The summed E-state index contributed by atoms with van der Waals surface area (Å²) in [5.74, 6) is 0.348. The van der Waals surface area contributed by atoms with Crippen LogP contribution in [0.1, 0.15) is 33.0 Å². The van der Waals surface area contributed by atoms with Gasteiger partial charge in [0.25, 0.3) is 5.91 Å². The van der Waals surface area contributed by atoms with E-state index in [1.165, 1.54) is 11.6 Å². The molecule has 0 spiro atoms. The molecule has 0 unspecified atom stereocenters. The van der Waals surface area contributed by atoms with Gasteiger partial charge in [-0.05, 0) is 73.9 Å². The molecular weight excluding hydrogens is 333 g/mol. The van der Waals surface area contributed by atoms with Crippen LogP contribution in [0.3, 0.4) is 0 Å². The van der Waals surface area contributed by atoms with Gasteiger partial charge in [-0.25, -0.2) is 4.39 Å². The van der Waals surface area contributed by atoms with Crippen molar-refractivity contribution >= 4 is 11.6 Å². The highest BCUT2D eigenvalue weighted by atomic mass is 19.1. The molecule has 5 heteroatoms. The summed E-state index contributed by atoms with van der Waals surface area (Å²) >= 11 is 0. The smallest absolute Gasteiger partial charge is 0.291 e. The van der Waals surface area contributed by atoms with Gasteiger partial charge in [0.2, 0.25) is 0 Å². The summed E-state index contributed by atoms with van der Waals surface area (Å²) in [6, 6.07) is 13.6. The number of halogens is 1. The van der Waals surface area contributed by atoms with Crippen molar-refractivity contribution in [3.8, 4) is 5.75 Å². The molecule has 1 aromatic heterocycles. The first-order valence-corrected chi connectivity index (χ1v) is 8.28. The standard InChI is InChI=1S/C21H20FNO3/c1-13-4-8-18(22)19(10-13)23-21(24)20-9-7-17(26-20)12-25-16-6-5-14(2)15(3)11-16/h4-11H,12H2,1-3H3,(H,23,24). The summed E-state index contributed by atoms with van der Waals surface area (Å²) in [6.07, 6.45) is 0. The third kappa shape index (κ3) is 4.11. The molecule has 0 radical (unpaired) electrons. The van der Waals surface area contributed by atoms with Gasteiger partial charge in [0.15, 0.2) is 5.76 Å². The van der Waals surface area contributed by atoms with Crippen molar-refractivity contribution in [2.75, 3.05) is 5.32 Å². The third-order valence-electron chi connectivity index (χ3n) is 4.11. The largest absolute Gasteiger partial charge is 0.486 e. The molecule has 4 nitrogen and oxygen atoms in total. The number of anilines is 1. The molecule has 0 saturated carbocycles. The fraction of sp³-hybridized carbons (Fsp3) is 0.190. The van der Waals surface area contributed by atoms with E-state index < -0.39 is 11.7 Å². The van der Waals surface area contributed by atoms with Crippen LogP contribution in [0.2, 0.25) is 0 Å². The van der Waals surface area contributed by atoms with E-state index in [9.17, 15) is 9.18 Å². The zero-order chi connectivity index (χ0) is 18.7. The number of carbonyl (C=O) groups excluding carboxylic acids is 1. The van der Waals surface area contributed by atoms with Crippen molar-refractivity contribution in [3.63, 3.8) is 0 Å². The summed E-state index contributed by atoms with van der Waals surface area (Å²) in [6.45, 7) is 6.08. The number of hydrogen-bond acceptors (Lipinski definition) is 3. The molecule has 0 aliphatic carbocycles. The van der Waals surface area contributed by atoms with E-state index in [1.54, 1.807) is 24.3 Å². The summed E-state index contributed by atoms with van der Waals surface area (Å²) in [5, 5.41) is 2.52. The van der Waals surface area contributed by atoms with E-state index >= 15 is 0 Å². The molecular formula is C21H20FNO3. The van der Waals surface area contributed by atoms with E-state index in [0.29, 0.717) is 5.76 Å². The Bertz CT molecular complexity index is 946. The average Bonchev–Trinajstić information content (AvgIpc) is 3.08. The molecule has 0 atom stereocenters. The van der Waals surface area contributed by atoms with Gasteiger partial charge in [0.05, 0.1) is 5.69 Å². The Morgan fingerprint density at radius 1 is 1.04 bits per heavy atom. The molecule has 0 aliphatic rings. The van der Waals surface area contributed by atoms with Crippen molar-refractivity contribution in [1.82, 2.24) is 0 Å². The highest BCUT2D eigenvalue weighted by Gasteiger charge is 2.14. The second-order valence-corrected chi connectivity index (χ2v) is 6.24. The van der Waals surface area contributed by atoms with Crippen LogP contribution >= 0.6 is 0 Å². The zero-order valence-electron chi connectivity index (χ0n) is 14.9. The first-order valence-electron chi connectivity index (χ1n) is 8.28. The maximum absolute atomic E-state index is 13.8. The molecule has 0 aliphatic heterocycles. The molecule has 1 N–H and O–H groups in total. The van der Waals surface area contributed by atoms with Crippen LogP contribution in [0.5, 0.6) is 5.75 Å². The van der Waals surface area contributed by atoms with Crippen molar-refractivity contribution in [2.45, 2.75) is 27.4 Å². The molecule has 0 saturated heterocycles. The van der Waals surface area contributed by atoms with Gasteiger partial charge in [0, 0.05) is 0 Å². The normalized spacial score (nSPS) is 10.6. The molecule has 1 amide bonds. The van der Waals surface area contributed by atoms with E-state index in [2.05, 4.69) is 5.32 Å². The van der Waals surface area contributed by atoms with Crippen LogP contribution in [-0.4, -0.2) is 5.91 Å². The lowest BCUT2D eigenvalue weighted by Crippen LogP contribution is -2.12. The lowest BCUT2D eigenvalue weighted by molar-refractivity contribution is 0.0992. The van der Waals surface area contributed by atoms with E-state index in [1.807, 2.05) is 39.0 Å². The number of ether oxygens (including phenoxy) is 1. The Morgan fingerprint density at radius 2 is 1.85 bits per heavy atom. The fourth-order valence-corrected chi connectivity index (χ4v) is 2.45. The maximum atomic E-state index is 13.8. The minimum Gasteiger partial charge on any atom is -0.486 e. The van der Waals surface area contributed by atoms with Gasteiger partial charge < -0.3 is 14.5 Å². The average molecular weight is 353 g/mol. The van der Waals surface area contributed by atoms with Gasteiger partial charge in [0.1, 0.15) is 23.9 Å². The van der Waals surface area contributed by atoms with E-state index in [4.69, 9.17) is 9.15 Å². The van der Waals surface area contributed by atoms with Gasteiger partial charge in [-0.15, -0.1) is 0 Å². The quantitative estimate of drug-likeness (QED) is 0.688. The lowest BCUT2D eigenvalue weighted by atomic mass is 10.1. The van der Waals surface area contributed by atoms with Gasteiger partial charge in [-0.1, -0.05) is 12.1 Å². The minimum absolute atomic E-state index is 0.101. The third-order valence-corrected chi connectivity index (χ3v) is 4.11. The maximum Gasteiger partial charge on any atom is 0.291 e. The lowest BCUT2D eigenvalue weighted by Gasteiger charge is -2.07. The van der Waals surface area contributed by atoms with Crippen LogP contribution in [0.4, 0.5) is 10.1 Å². The zero-order valence-corrected chi connectivity index (χ0v) is 14.9. The number of hydrogen-bond donors (Lipinski definition) is 1. The second kappa shape index (κ2) is 7.44. The summed E-state index contributed by atoms with van der Waals surface area (Å²) in [7, 11) is 0. The molecule has 2 aromatic carbocycles. The summed E-state index contributed by atoms with van der Waals surface area (Å²) in [5.41, 5.74) is 3.31. The highest BCUT2D eigenvalue weighted by molar-refractivity contribution is 6.02. The Balaban J connectivity index is 1.64. The fourth-order valence-electron chi connectivity index (χ4n) is 2.45. The first kappa shape index (κ1) is 17.7. The molecule has 26 heavy (non-hydrogen) atoms. The number of amides is 1. The molecule has 1 heterocycles. The number of furan rings is 1. The van der Waals surface area contributed by atoms with Gasteiger partial charge in [-0.2, -0.15) is 0 Å². The monoisotopic (exact) mass is 353 g/mol. The number of benzene rings is 2. The van der Waals surface area contributed by atoms with Crippen molar-refractivity contribution in [1.29, 1.82) is 0 Å². The SMILES string of the molecule is Cc1ccc(F)c(NC(=O)c2ccc(COc3ccc(C)c(C)c3)o2)c1. The van der Waals surface area contributed by atoms with E-state index in [0.717, 1.165) is 16.9 Å². The molecule has 0 fully saturated rings. The minimum atomic E-state index is -0.507. The van der Waals surface area contributed by atoms with Crippen LogP contribution in [-0.2, 0) is 6.61 Å². The van der Waals surface area contributed by atoms with Crippen LogP contribution in [0.15, 0.2) is 52.9 Å². The molecule has 3 rings (SSSR count). The number of carbonyl (C=O) groups is 1. The van der Waals surface area contributed by atoms with Crippen molar-refractivity contribution < 1.29 is 18.3 Å². The van der Waals surface area contributed by atoms with Crippen LogP contribution < -0.4 is 10.1 Å². The van der Waals surface area contributed by atoms with Crippen LogP contribution in [0, 0.1) is 26.6 Å². The molecule has 3 aromatic rings. The first-order chi connectivity index (χ1) is 12.4. The van der Waals surface area contributed by atoms with Crippen LogP contribution in [0.25, 0.3) is 0 Å². The summed E-state index contributed by atoms with van der Waals surface area (Å²) in [4.78, 5) is 12.2. The number of nitrogens with one attached hydrogen (secondary N) is 1. The van der Waals surface area contributed by atoms with Gasteiger partial charge in [-0.3, -0.25) is 4.79 Å². The Kier molecular flexibility index (Phi) is 5.07. The Hall–Kier alpha value is -3.08. The number of aryl methyl sites for hydroxylation is 3. The van der Waals surface area contributed by atoms with E-state index in [-0.39, 0.29) is 18.1 Å². The Morgan fingerprint density at radius 3 is 2.62 bits per heavy atom. The van der Waals surface area contributed by atoms with Gasteiger partial charge >= 0.3 is 0 Å².